The highest BCUT2D eigenvalue weighted by Crippen LogP contribution is 2.29. The molecule has 0 unspecified atom stereocenters. The first-order chi connectivity index (χ1) is 15.7. The predicted molar refractivity (Wildman–Crippen MR) is 128 cm³/mol. The minimum atomic E-state index is -0.745. The van der Waals surface area contributed by atoms with Crippen molar-refractivity contribution < 1.29 is 9.84 Å². The summed E-state index contributed by atoms with van der Waals surface area (Å²) in [5.74, 6) is 6.56. The summed E-state index contributed by atoms with van der Waals surface area (Å²) in [4.78, 5) is 30.4. The number of nitrogen functional groups attached to an aromatic ring is 1. The minimum absolute atomic E-state index is 0.0132. The number of ether oxygens (including phenoxy) is 1. The highest BCUT2D eigenvalue weighted by atomic mass is 35.5. The normalized spacial score (nSPS) is 11.9. The highest BCUT2D eigenvalue weighted by molar-refractivity contribution is 6.32. The predicted octanol–water partition coefficient (Wildman–Crippen LogP) is 2.28. The Morgan fingerprint density at radius 1 is 1.06 bits per heavy atom. The van der Waals surface area contributed by atoms with Gasteiger partial charge >= 0.3 is 11.4 Å². The molecular weight excluding hydrogens is 469 g/mol. The van der Waals surface area contributed by atoms with Gasteiger partial charge in [0.15, 0.2) is 0 Å². The smallest absolute Gasteiger partial charge is 0.353 e. The fourth-order valence-corrected chi connectivity index (χ4v) is 3.47. The molecule has 0 fully saturated rings. The van der Waals surface area contributed by atoms with Crippen LogP contribution in [0.2, 0.25) is 10.0 Å². The van der Waals surface area contributed by atoms with Crippen LogP contribution < -0.4 is 27.6 Å². The van der Waals surface area contributed by atoms with Crippen LogP contribution in [-0.4, -0.2) is 31.6 Å². The van der Waals surface area contributed by atoms with Gasteiger partial charge < -0.3 is 15.7 Å². The number of nitrogens with two attached hydrogens (primary N) is 1. The molecule has 0 spiro atoms. The Labute approximate surface area is 199 Å². The summed E-state index contributed by atoms with van der Waals surface area (Å²) in [6, 6.07) is 11.8. The van der Waals surface area contributed by atoms with Gasteiger partial charge in [-0.15, -0.1) is 0 Å². The number of hydrogen-bond donors (Lipinski definition) is 2. The molecule has 0 bridgehead atoms. The Balaban J connectivity index is 2.20. The maximum atomic E-state index is 13.2. The summed E-state index contributed by atoms with van der Waals surface area (Å²) >= 11 is 12.3. The summed E-state index contributed by atoms with van der Waals surface area (Å²) in [6.07, 6.45) is 0.159. The SMILES string of the molecule is CC(C)Oc1ccc(N=c2n(N)c(=O)n(CCCO)c(=O)n2Cc2ccc(Cl)cc2)cc1Cl. The Hall–Kier alpha value is -3.01. The lowest BCUT2D eigenvalue weighted by Crippen LogP contribution is -2.57. The third-order valence-electron chi connectivity index (χ3n) is 4.66. The second kappa shape index (κ2) is 10.7. The van der Waals surface area contributed by atoms with Crippen LogP contribution in [0.3, 0.4) is 0 Å². The van der Waals surface area contributed by atoms with Gasteiger partial charge in [-0.3, -0.25) is 4.57 Å². The lowest BCUT2D eigenvalue weighted by atomic mass is 10.2. The summed E-state index contributed by atoms with van der Waals surface area (Å²) < 4.78 is 8.70. The van der Waals surface area contributed by atoms with Crippen molar-refractivity contribution in [2.75, 3.05) is 12.4 Å². The van der Waals surface area contributed by atoms with Crippen molar-refractivity contribution in [1.29, 1.82) is 0 Å². The first kappa shape index (κ1) is 24.6. The number of nitrogens with zero attached hydrogens (tertiary/aromatic N) is 4. The Bertz CT molecular complexity index is 1310. The maximum Gasteiger partial charge on any atom is 0.353 e. The van der Waals surface area contributed by atoms with Crippen LogP contribution in [-0.2, 0) is 13.1 Å². The molecule has 11 heteroatoms. The van der Waals surface area contributed by atoms with E-state index in [1.807, 2.05) is 13.8 Å². The Kier molecular flexibility index (Phi) is 8.01. The average molecular weight is 494 g/mol. The van der Waals surface area contributed by atoms with E-state index in [0.717, 1.165) is 14.8 Å². The van der Waals surface area contributed by atoms with Crippen molar-refractivity contribution >= 4 is 28.9 Å². The van der Waals surface area contributed by atoms with Crippen LogP contribution in [0.5, 0.6) is 5.75 Å². The van der Waals surface area contributed by atoms with E-state index in [-0.39, 0.29) is 37.8 Å². The molecule has 3 rings (SSSR count). The van der Waals surface area contributed by atoms with Crippen LogP contribution in [0.15, 0.2) is 57.0 Å². The monoisotopic (exact) mass is 493 g/mol. The largest absolute Gasteiger partial charge is 0.489 e. The number of aromatic nitrogens is 3. The van der Waals surface area contributed by atoms with E-state index in [9.17, 15) is 9.59 Å². The molecule has 33 heavy (non-hydrogen) atoms. The summed E-state index contributed by atoms with van der Waals surface area (Å²) in [5.41, 5.74) is -0.273. The molecule has 0 aliphatic carbocycles. The second-order valence-corrected chi connectivity index (χ2v) is 8.41. The average Bonchev–Trinajstić information content (AvgIpc) is 2.77. The van der Waals surface area contributed by atoms with Gasteiger partial charge in [-0.05, 0) is 56.2 Å². The van der Waals surface area contributed by atoms with Gasteiger partial charge in [0.1, 0.15) is 5.75 Å². The molecule has 0 amide bonds. The van der Waals surface area contributed by atoms with Crippen molar-refractivity contribution in [3.8, 4) is 5.75 Å². The molecule has 0 aliphatic rings. The zero-order chi connectivity index (χ0) is 24.1. The van der Waals surface area contributed by atoms with E-state index in [0.29, 0.717) is 21.5 Å². The Morgan fingerprint density at radius 3 is 2.36 bits per heavy atom. The van der Waals surface area contributed by atoms with Crippen molar-refractivity contribution in [3.63, 3.8) is 0 Å². The zero-order valence-corrected chi connectivity index (χ0v) is 19.8. The molecule has 0 radical (unpaired) electrons. The van der Waals surface area contributed by atoms with E-state index >= 15 is 0 Å². The number of aliphatic hydroxyl groups excluding tert-OH is 1. The van der Waals surface area contributed by atoms with E-state index < -0.39 is 11.4 Å². The van der Waals surface area contributed by atoms with E-state index in [1.54, 1.807) is 42.5 Å². The molecule has 0 saturated carbocycles. The van der Waals surface area contributed by atoms with E-state index in [4.69, 9.17) is 38.9 Å². The van der Waals surface area contributed by atoms with Gasteiger partial charge in [0.2, 0.25) is 5.62 Å². The van der Waals surface area contributed by atoms with Crippen LogP contribution in [0.4, 0.5) is 5.69 Å². The fourth-order valence-electron chi connectivity index (χ4n) is 3.13. The van der Waals surface area contributed by atoms with Crippen molar-refractivity contribution in [1.82, 2.24) is 13.8 Å². The molecule has 3 aromatic rings. The lowest BCUT2D eigenvalue weighted by Gasteiger charge is -2.14. The summed E-state index contributed by atoms with van der Waals surface area (Å²) in [6.45, 7) is 3.69. The second-order valence-electron chi connectivity index (χ2n) is 7.57. The third kappa shape index (κ3) is 5.87. The molecule has 2 aromatic carbocycles. The first-order valence-electron chi connectivity index (χ1n) is 10.3. The first-order valence-corrected chi connectivity index (χ1v) is 11.0. The zero-order valence-electron chi connectivity index (χ0n) is 18.2. The number of aliphatic hydroxyl groups is 1. The van der Waals surface area contributed by atoms with Crippen LogP contribution in [0, 0.1) is 0 Å². The quantitative estimate of drug-likeness (QED) is 0.466. The number of rotatable bonds is 8. The third-order valence-corrected chi connectivity index (χ3v) is 5.20. The maximum absolute atomic E-state index is 13.2. The lowest BCUT2D eigenvalue weighted by molar-refractivity contribution is 0.242. The van der Waals surface area contributed by atoms with Gasteiger partial charge in [-0.1, -0.05) is 35.3 Å². The molecule has 1 aromatic heterocycles. The van der Waals surface area contributed by atoms with Gasteiger partial charge in [0.05, 0.1) is 23.4 Å². The molecule has 0 saturated heterocycles. The van der Waals surface area contributed by atoms with Crippen LogP contribution in [0.1, 0.15) is 25.8 Å². The fraction of sp³-hybridized carbons (Fsp3) is 0.318. The van der Waals surface area contributed by atoms with E-state index in [1.165, 1.54) is 4.57 Å². The van der Waals surface area contributed by atoms with Crippen LogP contribution in [0.25, 0.3) is 0 Å². The minimum Gasteiger partial charge on any atom is -0.489 e. The molecule has 0 aliphatic heterocycles. The molecule has 9 nitrogen and oxygen atoms in total. The van der Waals surface area contributed by atoms with Gasteiger partial charge in [-0.2, -0.15) is 4.68 Å². The van der Waals surface area contributed by atoms with Crippen molar-refractivity contribution in [3.05, 3.63) is 84.7 Å². The molecule has 0 atom stereocenters. The standard InChI is InChI=1S/C22H25Cl2N5O4/c1-14(2)33-19-9-8-17(12-18(19)24)26-20-28(13-15-4-6-16(23)7-5-15)21(31)27(10-3-11-30)22(32)29(20)25/h4-9,12,14,30H,3,10-11,13,25H2,1-2H3. The van der Waals surface area contributed by atoms with Crippen molar-refractivity contribution in [2.24, 2.45) is 4.99 Å². The van der Waals surface area contributed by atoms with Gasteiger partial charge in [-0.25, -0.2) is 19.1 Å². The molecular formula is C22H25Cl2N5O4. The van der Waals surface area contributed by atoms with E-state index in [2.05, 4.69) is 4.99 Å². The number of benzene rings is 2. The topological polar surface area (TPSA) is 117 Å². The van der Waals surface area contributed by atoms with Gasteiger partial charge in [0, 0.05) is 18.2 Å². The molecule has 176 valence electrons. The Morgan fingerprint density at radius 2 is 1.76 bits per heavy atom. The van der Waals surface area contributed by atoms with Crippen molar-refractivity contribution in [2.45, 2.75) is 39.5 Å². The molecule has 1 heterocycles. The summed E-state index contributed by atoms with van der Waals surface area (Å²) in [5, 5.41) is 10.0. The summed E-state index contributed by atoms with van der Waals surface area (Å²) in [7, 11) is 0. The number of halogens is 2. The molecule has 3 N–H and O–H groups in total. The van der Waals surface area contributed by atoms with Crippen LogP contribution >= 0.6 is 23.2 Å². The van der Waals surface area contributed by atoms with Gasteiger partial charge in [0.25, 0.3) is 0 Å². The number of hydrogen-bond acceptors (Lipinski definition) is 6. The highest BCUT2D eigenvalue weighted by Gasteiger charge is 2.14.